The highest BCUT2D eigenvalue weighted by molar-refractivity contribution is 5.95. The summed E-state index contributed by atoms with van der Waals surface area (Å²) in [6.07, 6.45) is 0.716. The number of hydrogen-bond donors (Lipinski definition) is 0. The van der Waals surface area contributed by atoms with E-state index < -0.39 is 29.2 Å². The molecule has 2 atom stereocenters. The van der Waals surface area contributed by atoms with Gasteiger partial charge in [-0.3, -0.25) is 14.4 Å². The molecule has 0 N–H and O–H groups in total. The molecule has 28 heavy (non-hydrogen) atoms. The van der Waals surface area contributed by atoms with Gasteiger partial charge in [-0.05, 0) is 24.5 Å². The number of esters is 1. The molecule has 0 spiro atoms. The molecule has 1 aromatic rings. The Balaban J connectivity index is 1.76. The Morgan fingerprint density at radius 2 is 1.96 bits per heavy atom. The summed E-state index contributed by atoms with van der Waals surface area (Å²) in [4.78, 5) is 39.8. The van der Waals surface area contributed by atoms with Gasteiger partial charge in [0.1, 0.15) is 17.2 Å². The van der Waals surface area contributed by atoms with Crippen molar-refractivity contribution in [2.45, 2.75) is 51.7 Å². The molecule has 2 saturated heterocycles. The van der Waals surface area contributed by atoms with Crippen LogP contribution in [0.2, 0.25) is 0 Å². The number of aryl methyl sites for hydroxylation is 1. The summed E-state index contributed by atoms with van der Waals surface area (Å²) >= 11 is 0. The van der Waals surface area contributed by atoms with Gasteiger partial charge < -0.3 is 14.5 Å². The van der Waals surface area contributed by atoms with E-state index in [4.69, 9.17) is 4.74 Å². The fraction of sp³-hybridized carbons (Fsp3) is 0.550. The maximum atomic E-state index is 14.6. The van der Waals surface area contributed by atoms with Gasteiger partial charge in [-0.15, -0.1) is 0 Å². The number of halogens is 2. The first-order chi connectivity index (χ1) is 13.4. The summed E-state index contributed by atoms with van der Waals surface area (Å²) in [6.45, 7) is 4.18. The van der Waals surface area contributed by atoms with Crippen molar-refractivity contribution < 1.29 is 27.9 Å². The Labute approximate surface area is 162 Å². The van der Waals surface area contributed by atoms with E-state index in [-0.39, 0.29) is 49.5 Å². The van der Waals surface area contributed by atoms with Gasteiger partial charge >= 0.3 is 5.97 Å². The molecule has 2 aliphatic rings. The van der Waals surface area contributed by atoms with Gasteiger partial charge in [-0.1, -0.05) is 19.9 Å². The second-order valence-corrected chi connectivity index (χ2v) is 7.11. The van der Waals surface area contributed by atoms with Crippen LogP contribution >= 0.6 is 0 Å². The predicted octanol–water partition coefficient (Wildman–Crippen LogP) is 2.30. The molecule has 0 bridgehead atoms. The number of carbonyl (C=O) groups is 3. The Morgan fingerprint density at radius 3 is 2.57 bits per heavy atom. The summed E-state index contributed by atoms with van der Waals surface area (Å²) in [7, 11) is 0. The van der Waals surface area contributed by atoms with Gasteiger partial charge in [0.25, 0.3) is 11.8 Å². The lowest BCUT2D eigenvalue weighted by Gasteiger charge is -2.42. The molecule has 152 valence electrons. The van der Waals surface area contributed by atoms with Crippen LogP contribution < -0.4 is 0 Å². The first-order valence-corrected chi connectivity index (χ1v) is 9.63. The number of rotatable bonds is 4. The first kappa shape index (κ1) is 20.2. The van der Waals surface area contributed by atoms with E-state index in [0.29, 0.717) is 19.3 Å². The van der Waals surface area contributed by atoms with Gasteiger partial charge in [-0.25, -0.2) is 8.78 Å². The zero-order valence-corrected chi connectivity index (χ0v) is 16.0. The van der Waals surface area contributed by atoms with E-state index in [1.54, 1.807) is 11.8 Å². The topological polar surface area (TPSA) is 66.9 Å². The minimum atomic E-state index is -0.885. The number of cyclic esters (lactones) is 1. The van der Waals surface area contributed by atoms with Crippen molar-refractivity contribution in [3.63, 3.8) is 0 Å². The molecule has 1 aromatic carbocycles. The Kier molecular flexibility index (Phi) is 5.96. The zero-order valence-electron chi connectivity index (χ0n) is 16.0. The molecule has 0 aromatic heterocycles. The van der Waals surface area contributed by atoms with Crippen LogP contribution in [0.25, 0.3) is 0 Å². The molecule has 6 nitrogen and oxygen atoms in total. The molecule has 0 radical (unpaired) electrons. The van der Waals surface area contributed by atoms with Crippen LogP contribution in [0.5, 0.6) is 0 Å². The van der Waals surface area contributed by atoms with Crippen molar-refractivity contribution in [2.75, 3.05) is 19.6 Å². The molecule has 0 aliphatic carbocycles. The van der Waals surface area contributed by atoms with Gasteiger partial charge in [0, 0.05) is 38.5 Å². The van der Waals surface area contributed by atoms with E-state index in [1.807, 2.05) is 6.92 Å². The van der Waals surface area contributed by atoms with Gasteiger partial charge in [0.2, 0.25) is 0 Å². The summed E-state index contributed by atoms with van der Waals surface area (Å²) in [6, 6.07) is 2.15. The molecule has 2 aliphatic heterocycles. The van der Waals surface area contributed by atoms with E-state index in [9.17, 15) is 23.2 Å². The van der Waals surface area contributed by atoms with Crippen molar-refractivity contribution in [3.8, 4) is 0 Å². The van der Waals surface area contributed by atoms with E-state index in [0.717, 1.165) is 6.07 Å². The number of nitrogens with zero attached hydrogens (tertiary/aromatic N) is 2. The van der Waals surface area contributed by atoms with Crippen LogP contribution in [0.1, 0.15) is 49.0 Å². The Hall–Kier alpha value is -2.51. The lowest BCUT2D eigenvalue weighted by atomic mass is 10.0. The van der Waals surface area contributed by atoms with Gasteiger partial charge in [-0.2, -0.15) is 0 Å². The van der Waals surface area contributed by atoms with Gasteiger partial charge in [0.15, 0.2) is 6.10 Å². The molecule has 8 heteroatoms. The molecule has 2 fully saturated rings. The number of hydrogen-bond acceptors (Lipinski definition) is 4. The molecule has 2 amide bonds. The molecule has 2 heterocycles. The largest absolute Gasteiger partial charge is 0.452 e. The predicted molar refractivity (Wildman–Crippen MR) is 96.5 cm³/mol. The van der Waals surface area contributed by atoms with Crippen molar-refractivity contribution in [1.29, 1.82) is 0 Å². The normalized spacial score (nSPS) is 22.4. The monoisotopic (exact) mass is 394 g/mol. The highest BCUT2D eigenvalue weighted by atomic mass is 19.1. The second kappa shape index (κ2) is 8.24. The summed E-state index contributed by atoms with van der Waals surface area (Å²) in [5.74, 6) is -3.07. The maximum Gasteiger partial charge on any atom is 0.306 e. The number of amides is 2. The average Bonchev–Trinajstić information content (AvgIpc) is 3.13. The van der Waals surface area contributed by atoms with Crippen LogP contribution in [0.4, 0.5) is 8.78 Å². The third-order valence-corrected chi connectivity index (χ3v) is 5.45. The van der Waals surface area contributed by atoms with Crippen LogP contribution in [-0.4, -0.2) is 59.4 Å². The van der Waals surface area contributed by atoms with E-state index in [1.165, 1.54) is 11.0 Å². The smallest absolute Gasteiger partial charge is 0.306 e. The van der Waals surface area contributed by atoms with Gasteiger partial charge in [0.05, 0.1) is 0 Å². The summed E-state index contributed by atoms with van der Waals surface area (Å²) in [5.41, 5.74) is -0.257. The Bertz CT molecular complexity index is 799. The molecular weight excluding hydrogens is 370 g/mol. The fourth-order valence-corrected chi connectivity index (χ4v) is 3.79. The summed E-state index contributed by atoms with van der Waals surface area (Å²) in [5, 5.41) is 0. The van der Waals surface area contributed by atoms with Crippen molar-refractivity contribution in [3.05, 3.63) is 34.9 Å². The number of ether oxygens (including phenoxy) is 1. The first-order valence-electron chi connectivity index (χ1n) is 9.63. The van der Waals surface area contributed by atoms with Crippen LogP contribution in [-0.2, 0) is 20.7 Å². The summed E-state index contributed by atoms with van der Waals surface area (Å²) < 4.78 is 33.8. The third-order valence-electron chi connectivity index (χ3n) is 5.45. The highest BCUT2D eigenvalue weighted by Crippen LogP contribution is 2.24. The SMILES string of the molecule is CCc1ccc(F)c(C(=O)N2CCN(C(=O)C3CCC(=O)O3)C(CC)C2)c1F. The fourth-order valence-electron chi connectivity index (χ4n) is 3.79. The van der Waals surface area contributed by atoms with E-state index >= 15 is 0 Å². The van der Waals surface area contributed by atoms with Crippen molar-refractivity contribution in [1.82, 2.24) is 9.80 Å². The molecule has 2 unspecified atom stereocenters. The van der Waals surface area contributed by atoms with Crippen molar-refractivity contribution >= 4 is 17.8 Å². The lowest BCUT2D eigenvalue weighted by Crippen LogP contribution is -2.58. The molecular formula is C20H24F2N2O4. The Morgan fingerprint density at radius 1 is 1.21 bits per heavy atom. The third kappa shape index (κ3) is 3.72. The van der Waals surface area contributed by atoms with Crippen LogP contribution in [0.3, 0.4) is 0 Å². The van der Waals surface area contributed by atoms with E-state index in [2.05, 4.69) is 0 Å². The van der Waals surface area contributed by atoms with Crippen molar-refractivity contribution in [2.24, 2.45) is 0 Å². The van der Waals surface area contributed by atoms with Crippen LogP contribution in [0, 0.1) is 11.6 Å². The number of benzene rings is 1. The quantitative estimate of drug-likeness (QED) is 0.735. The highest BCUT2D eigenvalue weighted by Gasteiger charge is 2.39. The number of carbonyl (C=O) groups excluding carboxylic acids is 3. The lowest BCUT2D eigenvalue weighted by molar-refractivity contribution is -0.155. The molecule has 3 rings (SSSR count). The molecule has 0 saturated carbocycles. The standard InChI is InChI=1S/C20H24F2N2O4/c1-3-12-5-6-14(21)17(18(12)22)20(27)23-9-10-24(13(4-2)11-23)19(26)15-7-8-16(25)28-15/h5-6,13,15H,3-4,7-11H2,1-2H3. The minimum Gasteiger partial charge on any atom is -0.452 e. The minimum absolute atomic E-state index is 0.164. The maximum absolute atomic E-state index is 14.6. The van der Waals surface area contributed by atoms with Crippen LogP contribution in [0.15, 0.2) is 12.1 Å². The second-order valence-electron chi connectivity index (χ2n) is 7.11. The zero-order chi connectivity index (χ0) is 20.4. The average molecular weight is 394 g/mol. The number of piperazine rings is 1.